The van der Waals surface area contributed by atoms with Crippen molar-refractivity contribution in [1.82, 2.24) is 5.32 Å². The van der Waals surface area contributed by atoms with Gasteiger partial charge in [-0.05, 0) is 34.1 Å². The van der Waals surface area contributed by atoms with Crippen LogP contribution in [0.5, 0.6) is 0 Å². The molecule has 16 heavy (non-hydrogen) atoms. The highest BCUT2D eigenvalue weighted by atomic mass is 16.5. The molecule has 0 fully saturated rings. The topological polar surface area (TPSA) is 54.3 Å². The Bertz CT molecular complexity index is 200. The Morgan fingerprint density at radius 2 is 1.81 bits per heavy atom. The maximum Gasteiger partial charge on any atom is 0.0976 e. The van der Waals surface area contributed by atoms with Crippen LogP contribution in [0, 0.1) is 11.3 Å². The Morgan fingerprint density at radius 1 is 1.12 bits per heavy atom. The van der Waals surface area contributed by atoms with Gasteiger partial charge in [-0.15, -0.1) is 0 Å². The third-order valence-corrected chi connectivity index (χ3v) is 1.92. The van der Waals surface area contributed by atoms with Crippen LogP contribution in [0.2, 0.25) is 0 Å². The molecule has 0 radical (unpaired) electrons. The fourth-order valence-electron chi connectivity index (χ4n) is 1.23. The lowest BCUT2D eigenvalue weighted by Crippen LogP contribution is -2.34. The van der Waals surface area contributed by atoms with E-state index in [4.69, 9.17) is 14.7 Å². The van der Waals surface area contributed by atoms with E-state index in [1.54, 1.807) is 0 Å². The SMILES string of the molecule is CC(C)NC(C#N)CCOCCOC(C)C. The molecule has 1 unspecified atom stereocenters. The van der Waals surface area contributed by atoms with Gasteiger partial charge in [0.25, 0.3) is 0 Å². The van der Waals surface area contributed by atoms with Crippen LogP contribution in [0.3, 0.4) is 0 Å². The van der Waals surface area contributed by atoms with Gasteiger partial charge < -0.3 is 9.47 Å². The molecule has 0 rings (SSSR count). The van der Waals surface area contributed by atoms with Gasteiger partial charge >= 0.3 is 0 Å². The van der Waals surface area contributed by atoms with Gasteiger partial charge in [0.05, 0.1) is 31.4 Å². The second kappa shape index (κ2) is 9.59. The normalized spacial score (nSPS) is 13.1. The predicted octanol–water partition coefficient (Wildman–Crippen LogP) is 1.71. The van der Waals surface area contributed by atoms with Crippen LogP contribution < -0.4 is 5.32 Å². The molecule has 0 heterocycles. The van der Waals surface area contributed by atoms with Crippen molar-refractivity contribution < 1.29 is 9.47 Å². The van der Waals surface area contributed by atoms with Crippen LogP contribution >= 0.6 is 0 Å². The summed E-state index contributed by atoms with van der Waals surface area (Å²) in [5.41, 5.74) is 0. The van der Waals surface area contributed by atoms with E-state index in [2.05, 4.69) is 11.4 Å². The van der Waals surface area contributed by atoms with E-state index in [9.17, 15) is 0 Å². The number of rotatable bonds is 9. The third-order valence-electron chi connectivity index (χ3n) is 1.92. The predicted molar refractivity (Wildman–Crippen MR) is 64.2 cm³/mol. The molecule has 0 aliphatic heterocycles. The Balaban J connectivity index is 3.39. The molecule has 0 amide bonds. The second-order valence-corrected chi connectivity index (χ2v) is 4.32. The Kier molecular flexibility index (Phi) is 9.21. The van der Waals surface area contributed by atoms with Crippen molar-refractivity contribution in [2.75, 3.05) is 19.8 Å². The molecule has 0 aromatic heterocycles. The van der Waals surface area contributed by atoms with Crippen molar-refractivity contribution in [3.8, 4) is 6.07 Å². The van der Waals surface area contributed by atoms with E-state index in [-0.39, 0.29) is 12.1 Å². The third kappa shape index (κ3) is 9.91. The molecule has 0 aliphatic carbocycles. The quantitative estimate of drug-likeness (QED) is 0.610. The van der Waals surface area contributed by atoms with Crippen LogP contribution in [0.15, 0.2) is 0 Å². The minimum atomic E-state index is -0.119. The average molecular weight is 228 g/mol. The molecule has 4 heteroatoms. The molecular formula is C12H24N2O2. The van der Waals surface area contributed by atoms with E-state index in [1.165, 1.54) is 0 Å². The summed E-state index contributed by atoms with van der Waals surface area (Å²) in [6.07, 6.45) is 0.967. The van der Waals surface area contributed by atoms with Crippen LogP contribution in [0.1, 0.15) is 34.1 Å². The van der Waals surface area contributed by atoms with Crippen molar-refractivity contribution in [3.63, 3.8) is 0 Å². The molecule has 0 saturated heterocycles. The molecule has 0 aromatic carbocycles. The number of ether oxygens (including phenoxy) is 2. The minimum absolute atomic E-state index is 0.119. The van der Waals surface area contributed by atoms with E-state index in [1.807, 2.05) is 27.7 Å². The van der Waals surface area contributed by atoms with E-state index in [0.29, 0.717) is 25.9 Å². The highest BCUT2D eigenvalue weighted by molar-refractivity contribution is 4.90. The molecule has 0 aromatic rings. The zero-order valence-corrected chi connectivity index (χ0v) is 10.8. The second-order valence-electron chi connectivity index (χ2n) is 4.32. The molecule has 0 bridgehead atoms. The molecule has 1 atom stereocenters. The standard InChI is InChI=1S/C12H24N2O2/c1-10(2)14-12(9-13)5-6-15-7-8-16-11(3)4/h10-12,14H,5-8H2,1-4H3. The van der Waals surface area contributed by atoms with Gasteiger partial charge in [0.1, 0.15) is 0 Å². The maximum atomic E-state index is 8.86. The number of hydrogen-bond donors (Lipinski definition) is 1. The summed E-state index contributed by atoms with van der Waals surface area (Å²) >= 11 is 0. The first-order valence-electron chi connectivity index (χ1n) is 5.91. The summed E-state index contributed by atoms with van der Waals surface area (Å²) in [6, 6.07) is 2.43. The largest absolute Gasteiger partial charge is 0.379 e. The molecule has 0 spiro atoms. The van der Waals surface area contributed by atoms with Crippen molar-refractivity contribution in [3.05, 3.63) is 0 Å². The van der Waals surface area contributed by atoms with Crippen LogP contribution in [0.25, 0.3) is 0 Å². The molecule has 0 saturated carbocycles. The fraction of sp³-hybridized carbons (Fsp3) is 0.917. The summed E-state index contributed by atoms with van der Waals surface area (Å²) < 4.78 is 10.7. The first kappa shape index (κ1) is 15.4. The highest BCUT2D eigenvalue weighted by Crippen LogP contribution is 1.94. The summed E-state index contributed by atoms with van der Waals surface area (Å²) in [6.45, 7) is 9.86. The monoisotopic (exact) mass is 228 g/mol. The van der Waals surface area contributed by atoms with Gasteiger partial charge in [0, 0.05) is 12.6 Å². The van der Waals surface area contributed by atoms with Crippen LogP contribution in [-0.2, 0) is 9.47 Å². The van der Waals surface area contributed by atoms with Crippen LogP contribution in [0.4, 0.5) is 0 Å². The van der Waals surface area contributed by atoms with Crippen molar-refractivity contribution in [1.29, 1.82) is 5.26 Å². The maximum absolute atomic E-state index is 8.86. The van der Waals surface area contributed by atoms with Crippen molar-refractivity contribution >= 4 is 0 Å². The molecule has 94 valence electrons. The van der Waals surface area contributed by atoms with Crippen LogP contribution in [-0.4, -0.2) is 38.0 Å². The summed E-state index contributed by atoms with van der Waals surface area (Å²) in [7, 11) is 0. The lowest BCUT2D eigenvalue weighted by Gasteiger charge is -2.14. The summed E-state index contributed by atoms with van der Waals surface area (Å²) in [5, 5.41) is 12.0. The van der Waals surface area contributed by atoms with E-state index in [0.717, 1.165) is 6.42 Å². The summed E-state index contributed by atoms with van der Waals surface area (Å²) in [5.74, 6) is 0. The van der Waals surface area contributed by atoms with Gasteiger partial charge in [-0.1, -0.05) is 0 Å². The van der Waals surface area contributed by atoms with Gasteiger partial charge in [-0.3, -0.25) is 5.32 Å². The number of nitrogens with zero attached hydrogens (tertiary/aromatic N) is 1. The summed E-state index contributed by atoms with van der Waals surface area (Å²) in [4.78, 5) is 0. The molecule has 0 aliphatic rings. The first-order chi connectivity index (χ1) is 7.56. The zero-order chi connectivity index (χ0) is 12.4. The lowest BCUT2D eigenvalue weighted by molar-refractivity contribution is 0.0181. The number of nitriles is 1. The Labute approximate surface area is 98.9 Å². The smallest absolute Gasteiger partial charge is 0.0976 e. The number of hydrogen-bond acceptors (Lipinski definition) is 4. The van der Waals surface area contributed by atoms with Gasteiger partial charge in [-0.25, -0.2) is 0 Å². The number of nitrogens with one attached hydrogen (secondary N) is 1. The lowest BCUT2D eigenvalue weighted by atomic mass is 10.2. The molecular weight excluding hydrogens is 204 g/mol. The highest BCUT2D eigenvalue weighted by Gasteiger charge is 2.07. The Hall–Kier alpha value is -0.630. The fourth-order valence-corrected chi connectivity index (χ4v) is 1.23. The Morgan fingerprint density at radius 3 is 2.31 bits per heavy atom. The minimum Gasteiger partial charge on any atom is -0.379 e. The van der Waals surface area contributed by atoms with Gasteiger partial charge in [0.2, 0.25) is 0 Å². The van der Waals surface area contributed by atoms with Crippen molar-refractivity contribution in [2.24, 2.45) is 0 Å². The van der Waals surface area contributed by atoms with Gasteiger partial charge in [-0.2, -0.15) is 5.26 Å². The van der Waals surface area contributed by atoms with Gasteiger partial charge in [0.15, 0.2) is 0 Å². The molecule has 4 nitrogen and oxygen atoms in total. The molecule has 1 N–H and O–H groups in total. The average Bonchev–Trinajstić information content (AvgIpc) is 2.20. The van der Waals surface area contributed by atoms with E-state index >= 15 is 0 Å². The van der Waals surface area contributed by atoms with Crippen molar-refractivity contribution in [2.45, 2.75) is 52.3 Å². The van der Waals surface area contributed by atoms with E-state index < -0.39 is 0 Å². The first-order valence-corrected chi connectivity index (χ1v) is 5.91. The zero-order valence-electron chi connectivity index (χ0n) is 10.8.